The average Bonchev–Trinajstić information content (AvgIpc) is 3.19. The second-order valence-corrected chi connectivity index (χ2v) is 10.6. The standard InChI is InChI=1S/C18H28O3S.C5H11NS2/c1-3-4-5-6-7-8-11-22(19)15(2)12-16-9-10-17-18(13-16)21-14-20-17;1-3-6(4-2)5(7)8/h9-10,13,15H,3-8,11-12,14H2,1-2H3;3-4H2,1-2H3,(H,7,8). The van der Waals surface area contributed by atoms with Crippen molar-refractivity contribution in [2.24, 2.45) is 0 Å². The molecule has 1 aromatic carbocycles. The highest BCUT2D eigenvalue weighted by molar-refractivity contribution is 8.10. The van der Waals surface area contributed by atoms with E-state index in [4.69, 9.17) is 21.7 Å². The summed E-state index contributed by atoms with van der Waals surface area (Å²) in [7, 11) is 0. The van der Waals surface area contributed by atoms with Gasteiger partial charge in [-0.05, 0) is 51.3 Å². The number of hydrogen-bond acceptors (Lipinski definition) is 4. The number of benzene rings is 1. The third-order valence-corrected chi connectivity index (χ3v) is 7.44. The zero-order valence-corrected chi connectivity index (χ0v) is 21.6. The molecule has 1 aliphatic rings. The van der Waals surface area contributed by atoms with Crippen molar-refractivity contribution in [2.75, 3.05) is 25.6 Å². The molecule has 0 N–H and O–H groups in total. The molecule has 1 aromatic rings. The van der Waals surface area contributed by atoms with Crippen LogP contribution in [-0.2, 0) is 17.6 Å². The third kappa shape index (κ3) is 10.6. The third-order valence-electron chi connectivity index (χ3n) is 5.14. The van der Waals surface area contributed by atoms with Gasteiger partial charge in [0.05, 0.1) is 0 Å². The Hall–Kier alpha value is -0.630. The van der Waals surface area contributed by atoms with E-state index >= 15 is 0 Å². The van der Waals surface area contributed by atoms with Gasteiger partial charge in [0.1, 0.15) is 15.3 Å². The summed E-state index contributed by atoms with van der Waals surface area (Å²) in [5.74, 6) is 2.45. The summed E-state index contributed by atoms with van der Waals surface area (Å²) in [5, 5.41) is 0.191. The second kappa shape index (κ2) is 16.1. The van der Waals surface area contributed by atoms with Gasteiger partial charge in [-0.25, -0.2) is 0 Å². The van der Waals surface area contributed by atoms with Crippen molar-refractivity contribution in [3.8, 4) is 11.5 Å². The molecule has 0 aromatic heterocycles. The van der Waals surface area contributed by atoms with Crippen molar-refractivity contribution in [1.82, 2.24) is 4.90 Å². The number of unbranched alkanes of at least 4 members (excludes halogenated alkanes) is 5. The van der Waals surface area contributed by atoms with Crippen molar-refractivity contribution in [2.45, 2.75) is 77.9 Å². The van der Waals surface area contributed by atoms with Gasteiger partial charge < -0.3 is 18.9 Å². The maximum Gasteiger partial charge on any atom is 0.231 e. The Labute approximate surface area is 197 Å². The molecule has 0 amide bonds. The van der Waals surface area contributed by atoms with Crippen molar-refractivity contribution in [3.63, 3.8) is 0 Å². The molecule has 0 aliphatic carbocycles. The molecule has 1 aliphatic heterocycles. The predicted octanol–water partition coefficient (Wildman–Crippen LogP) is 6.00. The van der Waals surface area contributed by atoms with Gasteiger partial charge in [-0.3, -0.25) is 0 Å². The lowest BCUT2D eigenvalue weighted by Gasteiger charge is -2.18. The zero-order valence-electron chi connectivity index (χ0n) is 19.0. The van der Waals surface area contributed by atoms with Crippen LogP contribution in [0.3, 0.4) is 0 Å². The van der Waals surface area contributed by atoms with E-state index < -0.39 is 11.2 Å². The number of thiol groups is 1. The molecule has 0 saturated heterocycles. The van der Waals surface area contributed by atoms with Crippen molar-refractivity contribution >= 4 is 40.3 Å². The van der Waals surface area contributed by atoms with Gasteiger partial charge in [-0.15, -0.1) is 12.6 Å². The van der Waals surface area contributed by atoms with E-state index in [1.165, 1.54) is 37.7 Å². The van der Waals surface area contributed by atoms with Crippen LogP contribution >= 0.6 is 24.8 Å². The monoisotopic (exact) mass is 473 g/mol. The Morgan fingerprint density at radius 2 is 1.73 bits per heavy atom. The van der Waals surface area contributed by atoms with Gasteiger partial charge in [0.25, 0.3) is 0 Å². The van der Waals surface area contributed by atoms with E-state index in [0.717, 1.165) is 43.2 Å². The Kier molecular flexibility index (Phi) is 14.7. The molecule has 30 heavy (non-hydrogen) atoms. The highest BCUT2D eigenvalue weighted by Gasteiger charge is 2.19. The van der Waals surface area contributed by atoms with Crippen LogP contribution in [0.5, 0.6) is 11.5 Å². The lowest BCUT2D eigenvalue weighted by Crippen LogP contribution is -2.24. The first kappa shape index (κ1) is 27.4. The van der Waals surface area contributed by atoms with E-state index in [0.29, 0.717) is 11.1 Å². The molecule has 2 rings (SSSR count). The first-order valence-corrected chi connectivity index (χ1v) is 13.4. The quantitative estimate of drug-likeness (QED) is 0.175. The molecule has 0 saturated carbocycles. The highest BCUT2D eigenvalue weighted by Crippen LogP contribution is 2.33. The van der Waals surface area contributed by atoms with Crippen molar-refractivity contribution < 1.29 is 14.0 Å². The molecular formula is C23H39NO3S3. The fourth-order valence-electron chi connectivity index (χ4n) is 3.21. The molecule has 0 fully saturated rings. The van der Waals surface area contributed by atoms with Crippen LogP contribution < -0.4 is 9.47 Å². The summed E-state index contributed by atoms with van der Waals surface area (Å²) < 4.78 is 23.7. The minimum absolute atomic E-state index is 0.191. The lowest BCUT2D eigenvalue weighted by atomic mass is 10.1. The van der Waals surface area contributed by atoms with E-state index in [1.54, 1.807) is 0 Å². The largest absolute Gasteiger partial charge is 0.616 e. The summed E-state index contributed by atoms with van der Waals surface area (Å²) >= 11 is 8.07. The first-order valence-electron chi connectivity index (χ1n) is 11.2. The number of ether oxygens (including phenoxy) is 2. The average molecular weight is 474 g/mol. The first-order chi connectivity index (χ1) is 14.4. The van der Waals surface area contributed by atoms with Gasteiger partial charge in [-0.1, -0.05) is 62.1 Å². The van der Waals surface area contributed by atoms with Gasteiger partial charge >= 0.3 is 0 Å². The minimum Gasteiger partial charge on any atom is -0.616 e. The Bertz CT molecular complexity index is 611. The SMILES string of the molecule is CCCCCCCC[S+]([O-])C(C)Cc1ccc2c(c1)OCO2.CCN(CC)C(=S)S. The summed E-state index contributed by atoms with van der Waals surface area (Å²) in [6, 6.07) is 6.01. The summed E-state index contributed by atoms with van der Waals surface area (Å²) in [4.78, 5) is 2.01. The van der Waals surface area contributed by atoms with E-state index in [2.05, 4.69) is 40.3 Å². The Balaban J connectivity index is 0.000000479. The highest BCUT2D eigenvalue weighted by atomic mass is 32.2. The Morgan fingerprint density at radius 3 is 2.33 bits per heavy atom. The normalized spacial score (nSPS) is 13.9. The van der Waals surface area contributed by atoms with Crippen LogP contribution in [0.1, 0.15) is 71.8 Å². The lowest BCUT2D eigenvalue weighted by molar-refractivity contribution is 0.174. The predicted molar refractivity (Wildman–Crippen MR) is 137 cm³/mol. The number of thiocarbonyl (C=S) groups is 1. The number of fused-ring (bicyclic) bond motifs is 1. The van der Waals surface area contributed by atoms with Gasteiger partial charge in [0.2, 0.25) is 6.79 Å². The topological polar surface area (TPSA) is 44.8 Å². The van der Waals surface area contributed by atoms with Gasteiger partial charge in [-0.2, -0.15) is 0 Å². The summed E-state index contributed by atoms with van der Waals surface area (Å²) in [6.07, 6.45) is 8.32. The summed E-state index contributed by atoms with van der Waals surface area (Å²) in [5.41, 5.74) is 1.17. The summed E-state index contributed by atoms with van der Waals surface area (Å²) in [6.45, 7) is 10.7. The molecule has 172 valence electrons. The van der Waals surface area contributed by atoms with Gasteiger partial charge in [0, 0.05) is 19.5 Å². The molecule has 2 unspecified atom stereocenters. The molecule has 0 spiro atoms. The molecule has 0 radical (unpaired) electrons. The van der Waals surface area contributed by atoms with Crippen molar-refractivity contribution in [3.05, 3.63) is 23.8 Å². The van der Waals surface area contributed by atoms with Crippen LogP contribution in [0.4, 0.5) is 0 Å². The smallest absolute Gasteiger partial charge is 0.231 e. The molecule has 0 bridgehead atoms. The molecule has 2 atom stereocenters. The van der Waals surface area contributed by atoms with Crippen LogP contribution in [0, 0.1) is 0 Å². The maximum atomic E-state index is 12.3. The maximum absolute atomic E-state index is 12.3. The number of rotatable bonds is 12. The van der Waals surface area contributed by atoms with Crippen LogP contribution in [0.2, 0.25) is 0 Å². The van der Waals surface area contributed by atoms with Crippen LogP contribution in [0.15, 0.2) is 18.2 Å². The molecule has 1 heterocycles. The Morgan fingerprint density at radius 1 is 1.10 bits per heavy atom. The van der Waals surface area contributed by atoms with E-state index in [9.17, 15) is 4.55 Å². The fraction of sp³-hybridized carbons (Fsp3) is 0.696. The zero-order chi connectivity index (χ0) is 22.4. The van der Waals surface area contributed by atoms with Crippen molar-refractivity contribution in [1.29, 1.82) is 0 Å². The van der Waals surface area contributed by atoms with Crippen LogP contribution in [-0.4, -0.2) is 44.7 Å². The fourth-order valence-corrected chi connectivity index (χ4v) is 5.02. The molecule has 7 heteroatoms. The minimum atomic E-state index is -0.743. The van der Waals surface area contributed by atoms with E-state index in [-0.39, 0.29) is 5.25 Å². The molecular weight excluding hydrogens is 434 g/mol. The molecule has 4 nitrogen and oxygen atoms in total. The van der Waals surface area contributed by atoms with Crippen LogP contribution in [0.25, 0.3) is 0 Å². The van der Waals surface area contributed by atoms with E-state index in [1.807, 2.05) is 23.1 Å². The number of hydrogen-bond donors (Lipinski definition) is 1. The number of nitrogens with zero attached hydrogens (tertiary/aromatic N) is 1. The second-order valence-electron chi connectivity index (χ2n) is 7.51. The van der Waals surface area contributed by atoms with Gasteiger partial charge in [0.15, 0.2) is 11.5 Å².